The van der Waals surface area contributed by atoms with Crippen molar-refractivity contribution in [1.82, 2.24) is 5.32 Å². The number of hydrogen-bond acceptors (Lipinski definition) is 4. The molecular formula is C19H16BrNO4. The molecule has 5 nitrogen and oxygen atoms in total. The number of carbonyl (C=O) groups is 3. The van der Waals surface area contributed by atoms with Crippen LogP contribution >= 0.6 is 15.9 Å². The molecule has 0 atom stereocenters. The number of ketones is 1. The summed E-state index contributed by atoms with van der Waals surface area (Å²) in [4.78, 5) is 35.6. The molecule has 0 saturated carbocycles. The SMILES string of the molecule is CC(=O)N/C(=C/c1ccccc1)C(=O)OCC(=O)c1ccc(Br)cc1. The van der Waals surface area contributed by atoms with Crippen molar-refractivity contribution in [1.29, 1.82) is 0 Å². The molecule has 6 heteroatoms. The van der Waals surface area contributed by atoms with Gasteiger partial charge in [-0.1, -0.05) is 58.4 Å². The minimum absolute atomic E-state index is 0.0256. The van der Waals surface area contributed by atoms with Crippen LogP contribution in [0.5, 0.6) is 0 Å². The molecule has 0 aromatic heterocycles. The van der Waals surface area contributed by atoms with Gasteiger partial charge in [0.05, 0.1) is 0 Å². The van der Waals surface area contributed by atoms with Gasteiger partial charge in [0.1, 0.15) is 5.70 Å². The lowest BCUT2D eigenvalue weighted by atomic mass is 10.1. The molecule has 0 aliphatic rings. The van der Waals surface area contributed by atoms with E-state index in [2.05, 4.69) is 21.2 Å². The Bertz CT molecular complexity index is 798. The van der Waals surface area contributed by atoms with Crippen molar-refractivity contribution in [2.75, 3.05) is 6.61 Å². The van der Waals surface area contributed by atoms with Crippen molar-refractivity contribution in [3.8, 4) is 0 Å². The van der Waals surface area contributed by atoms with E-state index in [4.69, 9.17) is 4.74 Å². The van der Waals surface area contributed by atoms with E-state index < -0.39 is 18.5 Å². The fourth-order valence-electron chi connectivity index (χ4n) is 1.98. The van der Waals surface area contributed by atoms with Crippen molar-refractivity contribution in [2.24, 2.45) is 0 Å². The summed E-state index contributed by atoms with van der Waals surface area (Å²) in [5.74, 6) is -1.51. The average molecular weight is 402 g/mol. The Morgan fingerprint density at radius 2 is 1.68 bits per heavy atom. The summed E-state index contributed by atoms with van der Waals surface area (Å²) in [6, 6.07) is 15.7. The second-order valence-electron chi connectivity index (χ2n) is 5.16. The highest BCUT2D eigenvalue weighted by Gasteiger charge is 2.15. The van der Waals surface area contributed by atoms with Gasteiger partial charge in [-0.2, -0.15) is 0 Å². The Balaban J connectivity index is 2.06. The number of benzene rings is 2. The maximum Gasteiger partial charge on any atom is 0.355 e. The first-order valence-corrected chi connectivity index (χ1v) is 8.25. The van der Waals surface area contributed by atoms with Gasteiger partial charge < -0.3 is 10.1 Å². The molecule has 1 N–H and O–H groups in total. The standard InChI is InChI=1S/C19H16BrNO4/c1-13(22)21-17(11-14-5-3-2-4-6-14)19(24)25-12-18(23)15-7-9-16(20)10-8-15/h2-11H,12H2,1H3,(H,21,22)/b17-11+. The van der Waals surface area contributed by atoms with E-state index in [0.29, 0.717) is 5.56 Å². The van der Waals surface area contributed by atoms with E-state index in [9.17, 15) is 14.4 Å². The maximum absolute atomic E-state index is 12.2. The fourth-order valence-corrected chi connectivity index (χ4v) is 2.24. The van der Waals surface area contributed by atoms with E-state index in [-0.39, 0.29) is 11.5 Å². The van der Waals surface area contributed by atoms with Gasteiger partial charge in [0.25, 0.3) is 0 Å². The molecule has 0 bridgehead atoms. The van der Waals surface area contributed by atoms with Crippen LogP contribution in [0.4, 0.5) is 0 Å². The number of nitrogens with one attached hydrogen (secondary N) is 1. The van der Waals surface area contributed by atoms with Crippen LogP contribution in [0.2, 0.25) is 0 Å². The summed E-state index contributed by atoms with van der Waals surface area (Å²) in [5, 5.41) is 2.43. The summed E-state index contributed by atoms with van der Waals surface area (Å²) in [5.41, 5.74) is 1.13. The van der Waals surface area contributed by atoms with E-state index >= 15 is 0 Å². The summed E-state index contributed by atoms with van der Waals surface area (Å²) in [6.07, 6.45) is 1.49. The second kappa shape index (κ2) is 8.94. The van der Waals surface area contributed by atoms with Crippen molar-refractivity contribution in [2.45, 2.75) is 6.92 Å². The third-order valence-electron chi connectivity index (χ3n) is 3.14. The van der Waals surface area contributed by atoms with Gasteiger partial charge in [-0.25, -0.2) is 4.79 Å². The zero-order valence-electron chi connectivity index (χ0n) is 13.5. The first-order valence-electron chi connectivity index (χ1n) is 7.46. The van der Waals surface area contributed by atoms with E-state index in [1.54, 1.807) is 48.5 Å². The lowest BCUT2D eigenvalue weighted by Gasteiger charge is -2.09. The van der Waals surface area contributed by atoms with Crippen LogP contribution in [0.25, 0.3) is 6.08 Å². The predicted octanol–water partition coefficient (Wildman–Crippen LogP) is 3.35. The predicted molar refractivity (Wildman–Crippen MR) is 97.7 cm³/mol. The Labute approximate surface area is 153 Å². The quantitative estimate of drug-likeness (QED) is 0.457. The van der Waals surface area contributed by atoms with Crippen LogP contribution in [0.15, 0.2) is 64.8 Å². The highest BCUT2D eigenvalue weighted by Crippen LogP contribution is 2.11. The summed E-state index contributed by atoms with van der Waals surface area (Å²) >= 11 is 3.29. The molecule has 0 radical (unpaired) electrons. The van der Waals surface area contributed by atoms with Gasteiger partial charge >= 0.3 is 5.97 Å². The van der Waals surface area contributed by atoms with Crippen LogP contribution in [0, 0.1) is 0 Å². The summed E-state index contributed by atoms with van der Waals surface area (Å²) in [7, 11) is 0. The summed E-state index contributed by atoms with van der Waals surface area (Å²) in [6.45, 7) is 0.880. The number of rotatable bonds is 6. The number of esters is 1. The smallest absolute Gasteiger partial charge is 0.355 e. The largest absolute Gasteiger partial charge is 0.453 e. The molecule has 0 aliphatic carbocycles. The Hall–Kier alpha value is -2.73. The zero-order chi connectivity index (χ0) is 18.2. The molecule has 0 aliphatic heterocycles. The van der Waals surface area contributed by atoms with Crippen molar-refractivity contribution < 1.29 is 19.1 Å². The van der Waals surface area contributed by atoms with Crippen molar-refractivity contribution in [3.63, 3.8) is 0 Å². The van der Waals surface area contributed by atoms with Gasteiger partial charge in [0.15, 0.2) is 12.4 Å². The highest BCUT2D eigenvalue weighted by atomic mass is 79.9. The highest BCUT2D eigenvalue weighted by molar-refractivity contribution is 9.10. The minimum atomic E-state index is -0.774. The molecular weight excluding hydrogens is 386 g/mol. The van der Waals surface area contributed by atoms with E-state index in [1.807, 2.05) is 6.07 Å². The van der Waals surface area contributed by atoms with Gasteiger partial charge in [0, 0.05) is 17.0 Å². The van der Waals surface area contributed by atoms with Crippen molar-refractivity contribution >= 4 is 39.7 Å². The molecule has 2 rings (SSSR count). The average Bonchev–Trinajstić information content (AvgIpc) is 2.60. The Kier molecular flexibility index (Phi) is 6.65. The maximum atomic E-state index is 12.2. The first kappa shape index (κ1) is 18.6. The fraction of sp³-hybridized carbons (Fsp3) is 0.105. The van der Waals surface area contributed by atoms with E-state index in [1.165, 1.54) is 13.0 Å². The molecule has 2 aromatic carbocycles. The van der Waals surface area contributed by atoms with Crippen LogP contribution in [0.1, 0.15) is 22.8 Å². The Morgan fingerprint density at radius 3 is 2.28 bits per heavy atom. The van der Waals surface area contributed by atoms with E-state index in [0.717, 1.165) is 10.0 Å². The van der Waals surface area contributed by atoms with Gasteiger partial charge in [-0.05, 0) is 23.8 Å². The topological polar surface area (TPSA) is 72.5 Å². The molecule has 0 fully saturated rings. The third kappa shape index (κ3) is 6.00. The first-order chi connectivity index (χ1) is 12.0. The molecule has 0 spiro atoms. The van der Waals surface area contributed by atoms with Gasteiger partial charge in [-0.15, -0.1) is 0 Å². The number of hydrogen-bond donors (Lipinski definition) is 1. The number of amides is 1. The molecule has 2 aromatic rings. The van der Waals surface area contributed by atoms with Crippen LogP contribution in [-0.4, -0.2) is 24.3 Å². The molecule has 0 saturated heterocycles. The number of ether oxygens (including phenoxy) is 1. The summed E-state index contributed by atoms with van der Waals surface area (Å²) < 4.78 is 5.89. The van der Waals surface area contributed by atoms with Crippen LogP contribution in [-0.2, 0) is 14.3 Å². The normalized spacial score (nSPS) is 10.9. The number of halogens is 1. The van der Waals surface area contributed by atoms with Gasteiger partial charge in [0.2, 0.25) is 5.91 Å². The molecule has 1 amide bonds. The molecule has 25 heavy (non-hydrogen) atoms. The van der Waals surface area contributed by atoms with Crippen LogP contribution in [0.3, 0.4) is 0 Å². The molecule has 0 unspecified atom stereocenters. The third-order valence-corrected chi connectivity index (χ3v) is 3.67. The Morgan fingerprint density at radius 1 is 1.04 bits per heavy atom. The second-order valence-corrected chi connectivity index (χ2v) is 6.07. The number of carbonyl (C=O) groups excluding carboxylic acids is 3. The minimum Gasteiger partial charge on any atom is -0.453 e. The van der Waals surface area contributed by atoms with Gasteiger partial charge in [-0.3, -0.25) is 9.59 Å². The van der Waals surface area contributed by atoms with Crippen LogP contribution < -0.4 is 5.32 Å². The monoisotopic (exact) mass is 401 g/mol. The lowest BCUT2D eigenvalue weighted by Crippen LogP contribution is -2.27. The number of Topliss-reactive ketones (excluding diaryl/α,β-unsaturated/α-hetero) is 1. The van der Waals surface area contributed by atoms with Crippen molar-refractivity contribution in [3.05, 3.63) is 75.9 Å². The lowest BCUT2D eigenvalue weighted by molar-refractivity contribution is -0.139. The molecule has 128 valence electrons. The zero-order valence-corrected chi connectivity index (χ0v) is 15.1. The molecule has 0 heterocycles.